The molecular formula is C14H14N4O2S. The van der Waals surface area contributed by atoms with Gasteiger partial charge < -0.3 is 4.90 Å². The van der Waals surface area contributed by atoms with E-state index in [0.29, 0.717) is 23.8 Å². The van der Waals surface area contributed by atoms with E-state index in [1.165, 1.54) is 11.3 Å². The van der Waals surface area contributed by atoms with Crippen LogP contribution < -0.4 is 11.3 Å². The quantitative estimate of drug-likeness (QED) is 0.502. The Kier molecular flexibility index (Phi) is 3.68. The van der Waals surface area contributed by atoms with E-state index in [1.807, 2.05) is 29.7 Å². The van der Waals surface area contributed by atoms with Crippen molar-refractivity contribution in [1.29, 1.82) is 0 Å². The molecule has 3 rings (SSSR count). The molecule has 0 unspecified atom stereocenters. The number of hydrazine groups is 1. The number of nitrogens with zero attached hydrogens (tertiary/aromatic N) is 2. The number of rotatable bonds is 3. The number of thiazole rings is 1. The minimum atomic E-state index is -0.415. The summed E-state index contributed by atoms with van der Waals surface area (Å²) >= 11 is 1.22. The SMILES string of the molecule is NNC(=O)c1nc(CN2CCc3ccccc3C2=O)cs1. The summed E-state index contributed by atoms with van der Waals surface area (Å²) in [7, 11) is 0. The number of hydrogen-bond donors (Lipinski definition) is 2. The summed E-state index contributed by atoms with van der Waals surface area (Å²) in [5.41, 5.74) is 4.58. The van der Waals surface area contributed by atoms with E-state index in [0.717, 1.165) is 17.5 Å². The Morgan fingerprint density at radius 3 is 3.05 bits per heavy atom. The van der Waals surface area contributed by atoms with Crippen LogP contribution >= 0.6 is 11.3 Å². The third kappa shape index (κ3) is 2.65. The van der Waals surface area contributed by atoms with Crippen LogP contribution in [0.2, 0.25) is 0 Å². The molecule has 0 radical (unpaired) electrons. The lowest BCUT2D eigenvalue weighted by molar-refractivity contribution is 0.0725. The Labute approximate surface area is 125 Å². The average Bonchev–Trinajstić information content (AvgIpc) is 2.98. The van der Waals surface area contributed by atoms with E-state index in [4.69, 9.17) is 5.84 Å². The van der Waals surface area contributed by atoms with Gasteiger partial charge in [-0.2, -0.15) is 0 Å². The third-order valence-corrected chi connectivity index (χ3v) is 4.31. The Balaban J connectivity index is 1.76. The van der Waals surface area contributed by atoms with Gasteiger partial charge in [0.15, 0.2) is 5.01 Å². The normalized spacial score (nSPS) is 14.0. The van der Waals surface area contributed by atoms with E-state index in [1.54, 1.807) is 10.3 Å². The Bertz CT molecular complexity index is 698. The second kappa shape index (κ2) is 5.63. The first-order valence-electron chi connectivity index (χ1n) is 6.51. The van der Waals surface area contributed by atoms with Crippen LogP contribution in [-0.4, -0.2) is 28.2 Å². The molecule has 0 atom stereocenters. The average molecular weight is 302 g/mol. The fraction of sp³-hybridized carbons (Fsp3) is 0.214. The molecule has 0 fully saturated rings. The number of hydrogen-bond acceptors (Lipinski definition) is 5. The summed E-state index contributed by atoms with van der Waals surface area (Å²) in [6.07, 6.45) is 0.836. The first-order valence-corrected chi connectivity index (χ1v) is 7.39. The topological polar surface area (TPSA) is 88.3 Å². The lowest BCUT2D eigenvalue weighted by Gasteiger charge is -2.27. The summed E-state index contributed by atoms with van der Waals surface area (Å²) in [4.78, 5) is 29.7. The van der Waals surface area contributed by atoms with Crippen LogP contribution in [0.5, 0.6) is 0 Å². The molecule has 1 aliphatic rings. The minimum absolute atomic E-state index is 0.00896. The van der Waals surface area contributed by atoms with Crippen molar-refractivity contribution in [3.05, 3.63) is 51.5 Å². The Morgan fingerprint density at radius 1 is 1.43 bits per heavy atom. The highest BCUT2D eigenvalue weighted by Crippen LogP contribution is 2.21. The highest BCUT2D eigenvalue weighted by Gasteiger charge is 2.24. The molecule has 21 heavy (non-hydrogen) atoms. The van der Waals surface area contributed by atoms with Gasteiger partial charge in [0.05, 0.1) is 12.2 Å². The van der Waals surface area contributed by atoms with Crippen LogP contribution in [0.4, 0.5) is 0 Å². The smallest absolute Gasteiger partial charge is 0.294 e. The van der Waals surface area contributed by atoms with Crippen molar-refractivity contribution in [3.8, 4) is 0 Å². The zero-order chi connectivity index (χ0) is 14.8. The van der Waals surface area contributed by atoms with Gasteiger partial charge in [0.1, 0.15) is 0 Å². The molecular weight excluding hydrogens is 288 g/mol. The molecule has 1 aliphatic heterocycles. The summed E-state index contributed by atoms with van der Waals surface area (Å²) in [5.74, 6) is 4.67. The monoisotopic (exact) mass is 302 g/mol. The van der Waals surface area contributed by atoms with Crippen molar-refractivity contribution < 1.29 is 9.59 Å². The van der Waals surface area contributed by atoms with Gasteiger partial charge in [-0.3, -0.25) is 15.0 Å². The lowest BCUT2D eigenvalue weighted by Crippen LogP contribution is -2.37. The Hall–Kier alpha value is -2.25. The summed E-state index contributed by atoms with van der Waals surface area (Å²) in [6, 6.07) is 7.64. The maximum Gasteiger partial charge on any atom is 0.294 e. The van der Waals surface area contributed by atoms with E-state index >= 15 is 0 Å². The number of nitrogens with one attached hydrogen (secondary N) is 1. The van der Waals surface area contributed by atoms with E-state index in [-0.39, 0.29) is 5.91 Å². The van der Waals surface area contributed by atoms with Crippen LogP contribution in [-0.2, 0) is 13.0 Å². The van der Waals surface area contributed by atoms with E-state index < -0.39 is 5.91 Å². The van der Waals surface area contributed by atoms with Crippen molar-refractivity contribution in [3.63, 3.8) is 0 Å². The molecule has 0 spiro atoms. The van der Waals surface area contributed by atoms with E-state index in [9.17, 15) is 9.59 Å². The number of nitrogen functional groups attached to an aromatic ring is 1. The lowest BCUT2D eigenvalue weighted by atomic mass is 9.99. The number of nitrogens with two attached hydrogens (primary N) is 1. The summed E-state index contributed by atoms with van der Waals surface area (Å²) in [6.45, 7) is 1.06. The van der Waals surface area contributed by atoms with Crippen LogP contribution in [0.3, 0.4) is 0 Å². The van der Waals surface area contributed by atoms with Gasteiger partial charge in [-0.25, -0.2) is 10.8 Å². The molecule has 0 bridgehead atoms. The molecule has 3 N–H and O–H groups in total. The molecule has 6 nitrogen and oxygen atoms in total. The maximum absolute atomic E-state index is 12.4. The van der Waals surface area contributed by atoms with Crippen LogP contribution in [0.25, 0.3) is 0 Å². The molecule has 108 valence electrons. The second-order valence-corrected chi connectivity index (χ2v) is 5.61. The molecule has 0 aliphatic carbocycles. The fourth-order valence-electron chi connectivity index (χ4n) is 2.37. The number of fused-ring (bicyclic) bond motifs is 1. The number of carbonyl (C=O) groups is 2. The van der Waals surface area contributed by atoms with Gasteiger partial charge in [0, 0.05) is 17.5 Å². The van der Waals surface area contributed by atoms with Crippen LogP contribution in [0.1, 0.15) is 31.4 Å². The predicted octanol–water partition coefficient (Wildman–Crippen LogP) is 0.945. The van der Waals surface area contributed by atoms with Crippen LogP contribution in [0, 0.1) is 0 Å². The van der Waals surface area contributed by atoms with Crippen molar-refractivity contribution in [2.45, 2.75) is 13.0 Å². The molecule has 0 saturated heterocycles. The first-order chi connectivity index (χ1) is 10.2. The van der Waals surface area contributed by atoms with Crippen molar-refractivity contribution in [2.24, 2.45) is 5.84 Å². The van der Waals surface area contributed by atoms with Crippen molar-refractivity contribution in [2.75, 3.05) is 6.54 Å². The number of benzene rings is 1. The van der Waals surface area contributed by atoms with Crippen molar-refractivity contribution in [1.82, 2.24) is 15.3 Å². The largest absolute Gasteiger partial charge is 0.332 e. The zero-order valence-electron chi connectivity index (χ0n) is 11.2. The zero-order valence-corrected chi connectivity index (χ0v) is 12.0. The molecule has 2 heterocycles. The molecule has 2 aromatic rings. The fourth-order valence-corrected chi connectivity index (χ4v) is 3.08. The van der Waals surface area contributed by atoms with Gasteiger partial charge >= 0.3 is 0 Å². The number of amides is 2. The summed E-state index contributed by atoms with van der Waals surface area (Å²) in [5, 5.41) is 2.08. The van der Waals surface area contributed by atoms with Gasteiger partial charge in [-0.1, -0.05) is 18.2 Å². The van der Waals surface area contributed by atoms with Crippen molar-refractivity contribution >= 4 is 23.2 Å². The van der Waals surface area contributed by atoms with Gasteiger partial charge in [0.2, 0.25) is 0 Å². The molecule has 0 saturated carbocycles. The number of carbonyl (C=O) groups excluding carboxylic acids is 2. The first kappa shape index (κ1) is 13.7. The second-order valence-electron chi connectivity index (χ2n) is 4.75. The maximum atomic E-state index is 12.4. The Morgan fingerprint density at radius 2 is 2.24 bits per heavy atom. The minimum Gasteiger partial charge on any atom is -0.332 e. The molecule has 7 heteroatoms. The third-order valence-electron chi connectivity index (χ3n) is 3.42. The predicted molar refractivity (Wildman–Crippen MR) is 78.7 cm³/mol. The van der Waals surface area contributed by atoms with Gasteiger partial charge in [-0.15, -0.1) is 11.3 Å². The van der Waals surface area contributed by atoms with E-state index in [2.05, 4.69) is 4.98 Å². The molecule has 1 aromatic carbocycles. The standard InChI is InChI=1S/C14H14N4O2S/c15-17-12(19)13-16-10(8-21-13)7-18-6-5-9-3-1-2-4-11(9)14(18)20/h1-4,8H,5-7,15H2,(H,17,19). The molecule has 2 amide bonds. The van der Waals surface area contributed by atoms with Crippen LogP contribution in [0.15, 0.2) is 29.6 Å². The van der Waals surface area contributed by atoms with Gasteiger partial charge in [-0.05, 0) is 18.1 Å². The highest BCUT2D eigenvalue weighted by atomic mass is 32.1. The summed E-state index contributed by atoms with van der Waals surface area (Å²) < 4.78 is 0. The van der Waals surface area contributed by atoms with Gasteiger partial charge in [0.25, 0.3) is 11.8 Å². The highest BCUT2D eigenvalue weighted by molar-refractivity contribution is 7.11. The molecule has 1 aromatic heterocycles. The number of aromatic nitrogens is 1.